The van der Waals surface area contributed by atoms with Crippen molar-refractivity contribution in [3.8, 4) is 0 Å². The first-order chi connectivity index (χ1) is 47.5. The molecule has 0 saturated heterocycles. The molecule has 0 heterocycles. The zero-order valence-corrected chi connectivity index (χ0v) is 58.9. The number of aryl methyl sites for hydroxylation is 5. The number of nitrogens with two attached hydrogens (primary N) is 5. The summed E-state index contributed by atoms with van der Waals surface area (Å²) in [6.07, 6.45) is 39.1. The lowest BCUT2D eigenvalue weighted by atomic mass is 9.99. The minimum Gasteiger partial charge on any atom is -0.399 e. The van der Waals surface area contributed by atoms with Crippen LogP contribution >= 0.6 is 0 Å². The Kier molecular flexibility index (Phi) is 33.1. The van der Waals surface area contributed by atoms with E-state index in [1.165, 1.54) is 250 Å². The molecular formula is C92H115N5. The van der Waals surface area contributed by atoms with E-state index >= 15 is 0 Å². The Balaban J connectivity index is 0.000000193. The van der Waals surface area contributed by atoms with E-state index in [9.17, 15) is 0 Å². The van der Waals surface area contributed by atoms with Crippen molar-refractivity contribution in [3.05, 3.63) is 326 Å². The maximum absolute atomic E-state index is 5.79. The molecule has 0 radical (unpaired) electrons. The highest BCUT2D eigenvalue weighted by atomic mass is 14.6. The Bertz CT molecular complexity index is 3450. The van der Waals surface area contributed by atoms with Crippen LogP contribution in [0, 0.1) is 0 Å². The van der Waals surface area contributed by atoms with Gasteiger partial charge in [0.2, 0.25) is 0 Å². The quantitative estimate of drug-likeness (QED) is 0.0194. The third-order valence-corrected chi connectivity index (χ3v) is 19.0. The van der Waals surface area contributed by atoms with E-state index in [1.807, 2.05) is 60.7 Å². The van der Waals surface area contributed by atoms with Crippen LogP contribution in [0.15, 0.2) is 243 Å². The van der Waals surface area contributed by atoms with Crippen LogP contribution in [0.4, 0.5) is 28.4 Å². The summed E-state index contributed by atoms with van der Waals surface area (Å²) in [5.41, 5.74) is 53.7. The van der Waals surface area contributed by atoms with Gasteiger partial charge in [-0.05, 0) is 240 Å². The molecule has 0 unspecified atom stereocenters. The normalized spacial score (nSPS) is 11.0. The minimum absolute atomic E-state index is 0.826. The molecule has 0 aromatic heterocycles. The number of rotatable bonds is 38. The molecule has 10 rings (SSSR count). The summed E-state index contributed by atoms with van der Waals surface area (Å²) >= 11 is 0. The number of benzene rings is 10. The Hall–Kier alpha value is -8.80. The number of hydrogen-bond donors (Lipinski definition) is 5. The summed E-state index contributed by atoms with van der Waals surface area (Å²) in [6.45, 7) is 2.27. The van der Waals surface area contributed by atoms with Crippen molar-refractivity contribution in [2.75, 3.05) is 28.7 Å². The van der Waals surface area contributed by atoms with Crippen LogP contribution in [-0.4, -0.2) is 0 Å². The fraction of sp³-hybridized carbons (Fsp3) is 0.348. The highest BCUT2D eigenvalue weighted by Gasteiger charge is 2.06. The fourth-order valence-electron chi connectivity index (χ4n) is 12.8. The lowest BCUT2D eigenvalue weighted by molar-refractivity contribution is 0.567. The van der Waals surface area contributed by atoms with Crippen LogP contribution in [0.25, 0.3) is 0 Å². The molecule has 0 saturated carbocycles. The Morgan fingerprint density at radius 1 is 0.144 bits per heavy atom. The zero-order chi connectivity index (χ0) is 67.8. The average molecular weight is 1290 g/mol. The molecule has 0 spiro atoms. The summed E-state index contributed by atoms with van der Waals surface area (Å²) in [7, 11) is 0. The first-order valence-corrected chi connectivity index (χ1v) is 37.2. The standard InChI is InChI=1S/C36H44N2.C35H42N2.C21H29N/c37-35-23-19-33(20-24-35)27-31-15-11-29(12-16-31)9-7-5-3-1-2-4-6-8-10-30-13-17-32(18-14-30)28-34-21-25-36(38)26-22-34;36-34-22-18-32(19-23-34)26-30-14-10-28(11-15-30)8-6-4-2-1-3-5-7-9-29-12-16-31(17-13-29)27-33-20-24-35(37)25-21-33;1-2-3-4-5-6-7-8-18-9-11-19(12-10-18)17-20-13-15-21(22)16-14-20/h11-26H,1-10,27-28,37-38H2;10-25H,1-9,26-27,36-37H2;9-16H,2-8,17,22H2,1H3. The van der Waals surface area contributed by atoms with Gasteiger partial charge in [-0.15, -0.1) is 0 Å². The van der Waals surface area contributed by atoms with Crippen molar-refractivity contribution in [2.45, 2.75) is 206 Å². The second-order valence-electron chi connectivity index (χ2n) is 27.5. The van der Waals surface area contributed by atoms with Gasteiger partial charge in [-0.3, -0.25) is 0 Å². The summed E-state index contributed by atoms with van der Waals surface area (Å²) in [5.74, 6) is 0. The molecule has 0 aliphatic carbocycles. The maximum atomic E-state index is 5.79. The molecule has 0 bridgehead atoms. The van der Waals surface area contributed by atoms with E-state index in [1.54, 1.807) is 0 Å². The molecule has 5 heteroatoms. The summed E-state index contributed by atoms with van der Waals surface area (Å²) in [4.78, 5) is 0. The SMILES string of the molecule is CCCCCCCCc1ccc(Cc2ccc(N)cc2)cc1.Nc1ccc(Cc2ccc(CCCCCCCCCCc3ccc(Cc4ccc(N)cc4)cc3)cc2)cc1.Nc1ccc(Cc2ccc(CCCCCCCCCc3ccc(Cc4ccc(N)cc4)cc3)cc2)cc1. The van der Waals surface area contributed by atoms with E-state index in [2.05, 4.69) is 189 Å². The van der Waals surface area contributed by atoms with E-state index in [-0.39, 0.29) is 0 Å². The van der Waals surface area contributed by atoms with Gasteiger partial charge in [0, 0.05) is 28.4 Å². The van der Waals surface area contributed by atoms with Crippen molar-refractivity contribution in [1.29, 1.82) is 0 Å². The van der Waals surface area contributed by atoms with Gasteiger partial charge < -0.3 is 28.7 Å². The van der Waals surface area contributed by atoms with Crippen LogP contribution in [0.1, 0.15) is 225 Å². The molecule has 97 heavy (non-hydrogen) atoms. The molecule has 0 fully saturated rings. The van der Waals surface area contributed by atoms with Gasteiger partial charge in [-0.25, -0.2) is 0 Å². The molecule has 0 aliphatic heterocycles. The number of unbranched alkanes of at least 4 members (excludes halogenated alkanes) is 18. The topological polar surface area (TPSA) is 130 Å². The van der Waals surface area contributed by atoms with Crippen molar-refractivity contribution in [2.24, 2.45) is 0 Å². The van der Waals surface area contributed by atoms with E-state index in [0.717, 1.165) is 60.5 Å². The van der Waals surface area contributed by atoms with Gasteiger partial charge >= 0.3 is 0 Å². The zero-order valence-electron chi connectivity index (χ0n) is 58.9. The first-order valence-electron chi connectivity index (χ1n) is 37.2. The molecule has 5 nitrogen and oxygen atoms in total. The fourth-order valence-corrected chi connectivity index (χ4v) is 12.8. The highest BCUT2D eigenvalue weighted by molar-refractivity contribution is 5.45. The van der Waals surface area contributed by atoms with Gasteiger partial charge in [0.1, 0.15) is 0 Å². The van der Waals surface area contributed by atoms with Gasteiger partial charge in [0.25, 0.3) is 0 Å². The van der Waals surface area contributed by atoms with E-state index in [0.29, 0.717) is 0 Å². The predicted molar refractivity (Wildman–Crippen MR) is 422 cm³/mol. The van der Waals surface area contributed by atoms with Gasteiger partial charge in [-0.1, -0.05) is 292 Å². The Morgan fingerprint density at radius 3 is 0.402 bits per heavy atom. The Labute approximate surface area is 585 Å². The van der Waals surface area contributed by atoms with Gasteiger partial charge in [-0.2, -0.15) is 0 Å². The molecule has 10 aromatic rings. The number of nitrogen functional groups attached to an aromatic ring is 5. The first kappa shape index (κ1) is 74.0. The van der Waals surface area contributed by atoms with Gasteiger partial charge in [0.15, 0.2) is 0 Å². The second kappa shape index (κ2) is 43.4. The molecule has 10 N–H and O–H groups in total. The van der Waals surface area contributed by atoms with Crippen LogP contribution in [-0.2, 0) is 64.2 Å². The maximum Gasteiger partial charge on any atom is 0.0314 e. The van der Waals surface area contributed by atoms with Crippen LogP contribution in [0.5, 0.6) is 0 Å². The third kappa shape index (κ3) is 30.4. The Morgan fingerprint density at radius 2 is 0.258 bits per heavy atom. The monoisotopic (exact) mass is 1290 g/mol. The summed E-state index contributed by atoms with van der Waals surface area (Å²) in [5, 5.41) is 0. The molecule has 508 valence electrons. The third-order valence-electron chi connectivity index (χ3n) is 19.0. The smallest absolute Gasteiger partial charge is 0.0314 e. The number of anilines is 5. The summed E-state index contributed by atoms with van der Waals surface area (Å²) in [6, 6.07) is 86.7. The largest absolute Gasteiger partial charge is 0.399 e. The lowest BCUT2D eigenvalue weighted by Crippen LogP contribution is -1.92. The van der Waals surface area contributed by atoms with Gasteiger partial charge in [0.05, 0.1) is 0 Å². The molecule has 0 aliphatic rings. The second-order valence-corrected chi connectivity index (χ2v) is 27.5. The minimum atomic E-state index is 0.826. The number of hydrogen-bond acceptors (Lipinski definition) is 5. The summed E-state index contributed by atoms with van der Waals surface area (Å²) < 4.78 is 0. The average Bonchev–Trinajstić information content (AvgIpc) is 1.91. The van der Waals surface area contributed by atoms with Crippen LogP contribution < -0.4 is 28.7 Å². The molecule has 0 amide bonds. The highest BCUT2D eigenvalue weighted by Crippen LogP contribution is 2.22. The van der Waals surface area contributed by atoms with Crippen LogP contribution in [0.3, 0.4) is 0 Å². The lowest BCUT2D eigenvalue weighted by Gasteiger charge is -2.06. The molecule has 10 aromatic carbocycles. The molecule has 0 atom stereocenters. The predicted octanol–water partition coefficient (Wildman–Crippen LogP) is 23.2. The van der Waals surface area contributed by atoms with Crippen molar-refractivity contribution >= 4 is 28.4 Å². The van der Waals surface area contributed by atoms with Crippen molar-refractivity contribution in [1.82, 2.24) is 0 Å². The van der Waals surface area contributed by atoms with Crippen LogP contribution in [0.2, 0.25) is 0 Å². The van der Waals surface area contributed by atoms with E-state index in [4.69, 9.17) is 28.7 Å². The van der Waals surface area contributed by atoms with Crippen molar-refractivity contribution in [3.63, 3.8) is 0 Å². The van der Waals surface area contributed by atoms with E-state index < -0.39 is 0 Å². The van der Waals surface area contributed by atoms with Crippen molar-refractivity contribution < 1.29 is 0 Å². The molecular weight excluding hydrogens is 1180 g/mol.